The van der Waals surface area contributed by atoms with Crippen LogP contribution in [0.1, 0.15) is 16.2 Å². The van der Waals surface area contributed by atoms with Gasteiger partial charge in [0.05, 0.1) is 0 Å². The van der Waals surface area contributed by atoms with Crippen molar-refractivity contribution in [1.29, 1.82) is 0 Å². The molecule has 2 aromatic carbocycles. The number of carbonyl (C=O) groups excluding carboxylic acids is 1. The summed E-state index contributed by atoms with van der Waals surface area (Å²) in [5.41, 5.74) is 2.20. The fourth-order valence-corrected chi connectivity index (χ4v) is 3.48. The minimum Gasteiger partial charge on any atom is -0.305 e. The van der Waals surface area contributed by atoms with Crippen LogP contribution in [-0.4, -0.2) is 20.9 Å². The van der Waals surface area contributed by atoms with Crippen LogP contribution in [0.15, 0.2) is 60.7 Å². The van der Waals surface area contributed by atoms with Gasteiger partial charge in [0.1, 0.15) is 21.2 Å². The van der Waals surface area contributed by atoms with E-state index in [0.29, 0.717) is 22.7 Å². The Balaban J connectivity index is 1.76. The number of aryl methyl sites for hydroxylation is 1. The van der Waals surface area contributed by atoms with Gasteiger partial charge in [-0.1, -0.05) is 59.9 Å². The van der Waals surface area contributed by atoms with E-state index in [1.807, 2.05) is 48.5 Å². The summed E-state index contributed by atoms with van der Waals surface area (Å²) in [6.07, 6.45) is 0. The van der Waals surface area contributed by atoms with Crippen molar-refractivity contribution in [3.05, 3.63) is 72.1 Å². The van der Waals surface area contributed by atoms with Crippen molar-refractivity contribution in [2.24, 2.45) is 0 Å². The maximum atomic E-state index is 12.4. The van der Waals surface area contributed by atoms with Crippen molar-refractivity contribution in [1.82, 2.24) is 15.0 Å². The lowest BCUT2D eigenvalue weighted by molar-refractivity contribution is 0.102. The van der Waals surface area contributed by atoms with Crippen molar-refractivity contribution in [2.45, 2.75) is 6.92 Å². The monoisotopic (exact) mass is 346 g/mol. The van der Waals surface area contributed by atoms with Crippen molar-refractivity contribution >= 4 is 33.4 Å². The summed E-state index contributed by atoms with van der Waals surface area (Å²) >= 11 is 1.49. The molecule has 2 heterocycles. The normalized spacial score (nSPS) is 10.8. The summed E-state index contributed by atoms with van der Waals surface area (Å²) < 4.78 is 0. The van der Waals surface area contributed by atoms with Gasteiger partial charge in [0, 0.05) is 11.1 Å². The minimum absolute atomic E-state index is 0.214. The van der Waals surface area contributed by atoms with Gasteiger partial charge in [-0.3, -0.25) is 4.79 Å². The first-order chi connectivity index (χ1) is 12.2. The summed E-state index contributed by atoms with van der Waals surface area (Å²) in [7, 11) is 0. The third-order valence-corrected chi connectivity index (χ3v) is 4.66. The van der Waals surface area contributed by atoms with Crippen LogP contribution < -0.4 is 5.32 Å². The molecule has 0 radical (unpaired) electrons. The van der Waals surface area contributed by atoms with E-state index in [-0.39, 0.29) is 5.91 Å². The molecule has 25 heavy (non-hydrogen) atoms. The molecule has 0 atom stereocenters. The maximum Gasteiger partial charge on any atom is 0.256 e. The largest absolute Gasteiger partial charge is 0.305 e. The smallest absolute Gasteiger partial charge is 0.256 e. The Kier molecular flexibility index (Phi) is 3.95. The third-order valence-electron chi connectivity index (χ3n) is 3.66. The highest BCUT2D eigenvalue weighted by atomic mass is 32.1. The Morgan fingerprint density at radius 2 is 1.60 bits per heavy atom. The van der Waals surface area contributed by atoms with E-state index in [1.165, 1.54) is 11.3 Å². The molecule has 0 bridgehead atoms. The first kappa shape index (κ1) is 15.4. The Hall–Kier alpha value is -3.12. The number of aromatic nitrogens is 3. The quantitative estimate of drug-likeness (QED) is 0.600. The predicted octanol–water partition coefficient (Wildman–Crippen LogP) is 4.31. The Bertz CT molecular complexity index is 1050. The number of thiazole rings is 1. The van der Waals surface area contributed by atoms with Crippen LogP contribution >= 0.6 is 11.3 Å². The predicted molar refractivity (Wildman–Crippen MR) is 99.8 cm³/mol. The fraction of sp³-hybridized carbons (Fsp3) is 0.0526. The van der Waals surface area contributed by atoms with E-state index in [9.17, 15) is 4.79 Å². The van der Waals surface area contributed by atoms with Crippen LogP contribution in [-0.2, 0) is 0 Å². The van der Waals surface area contributed by atoms with E-state index in [4.69, 9.17) is 0 Å². The topological polar surface area (TPSA) is 67.8 Å². The Morgan fingerprint density at radius 1 is 0.920 bits per heavy atom. The van der Waals surface area contributed by atoms with E-state index in [0.717, 1.165) is 15.4 Å². The summed E-state index contributed by atoms with van der Waals surface area (Å²) in [5.74, 6) is 0.822. The van der Waals surface area contributed by atoms with Crippen LogP contribution in [0.25, 0.3) is 20.9 Å². The van der Waals surface area contributed by atoms with Gasteiger partial charge in [-0.2, -0.15) is 0 Å². The molecule has 0 aliphatic heterocycles. The molecule has 1 N–H and O–H groups in total. The van der Waals surface area contributed by atoms with E-state index >= 15 is 0 Å². The summed E-state index contributed by atoms with van der Waals surface area (Å²) in [6.45, 7) is 1.81. The molecular weight excluding hydrogens is 332 g/mol. The molecule has 1 amide bonds. The second kappa shape index (κ2) is 6.41. The Labute approximate surface area is 148 Å². The molecule has 6 heteroatoms. The molecule has 0 saturated heterocycles. The average molecular weight is 346 g/mol. The van der Waals surface area contributed by atoms with Crippen LogP contribution in [0.5, 0.6) is 0 Å². The van der Waals surface area contributed by atoms with Gasteiger partial charge in [-0.25, -0.2) is 15.0 Å². The molecule has 0 fully saturated rings. The lowest BCUT2D eigenvalue weighted by Gasteiger charge is -2.05. The number of benzene rings is 2. The van der Waals surface area contributed by atoms with Gasteiger partial charge in [0.25, 0.3) is 5.91 Å². The first-order valence-electron chi connectivity index (χ1n) is 7.78. The van der Waals surface area contributed by atoms with Crippen LogP contribution in [0.4, 0.5) is 5.82 Å². The van der Waals surface area contributed by atoms with Crippen molar-refractivity contribution in [3.63, 3.8) is 0 Å². The van der Waals surface area contributed by atoms with Crippen LogP contribution in [0.3, 0.4) is 0 Å². The molecule has 0 aliphatic carbocycles. The zero-order chi connectivity index (χ0) is 17.2. The van der Waals surface area contributed by atoms with Gasteiger partial charge in [-0.15, -0.1) is 0 Å². The summed E-state index contributed by atoms with van der Waals surface area (Å²) in [4.78, 5) is 26.7. The number of rotatable bonds is 3. The number of hydrogen-bond acceptors (Lipinski definition) is 5. The number of nitrogens with one attached hydrogen (secondary N) is 1. The molecule has 5 nitrogen and oxygen atoms in total. The van der Waals surface area contributed by atoms with E-state index in [2.05, 4.69) is 20.3 Å². The number of fused-ring (bicyclic) bond motifs is 1. The average Bonchev–Trinajstić information content (AvgIpc) is 3.07. The molecular formula is C19H14N4OS. The highest BCUT2D eigenvalue weighted by Crippen LogP contribution is 2.32. The van der Waals surface area contributed by atoms with Gasteiger partial charge in [0.2, 0.25) is 0 Å². The maximum absolute atomic E-state index is 12.4. The van der Waals surface area contributed by atoms with Gasteiger partial charge >= 0.3 is 0 Å². The fourth-order valence-electron chi connectivity index (χ4n) is 2.49. The van der Waals surface area contributed by atoms with Gasteiger partial charge in [-0.05, 0) is 19.1 Å². The number of carbonyl (C=O) groups is 1. The van der Waals surface area contributed by atoms with Crippen molar-refractivity contribution in [2.75, 3.05) is 5.32 Å². The lowest BCUT2D eigenvalue weighted by Crippen LogP contribution is -2.13. The second-order valence-electron chi connectivity index (χ2n) is 5.48. The van der Waals surface area contributed by atoms with Crippen LogP contribution in [0.2, 0.25) is 0 Å². The second-order valence-corrected chi connectivity index (χ2v) is 6.46. The third kappa shape index (κ3) is 3.12. The first-order valence-corrected chi connectivity index (χ1v) is 8.59. The van der Waals surface area contributed by atoms with Crippen LogP contribution in [0, 0.1) is 6.92 Å². The molecule has 4 aromatic rings. The summed E-state index contributed by atoms with van der Waals surface area (Å²) in [6, 6.07) is 18.9. The number of hydrogen-bond donors (Lipinski definition) is 1. The molecule has 0 unspecified atom stereocenters. The SMILES string of the molecule is Cc1nc(NC(=O)c2ccccc2)c2nc(-c3ccccc3)sc2n1. The summed E-state index contributed by atoms with van der Waals surface area (Å²) in [5, 5.41) is 3.71. The van der Waals surface area contributed by atoms with Gasteiger partial charge < -0.3 is 5.32 Å². The number of amides is 1. The zero-order valence-electron chi connectivity index (χ0n) is 13.4. The zero-order valence-corrected chi connectivity index (χ0v) is 14.2. The number of nitrogens with zero attached hydrogens (tertiary/aromatic N) is 3. The van der Waals surface area contributed by atoms with Gasteiger partial charge in [0.15, 0.2) is 5.82 Å². The molecule has 122 valence electrons. The van der Waals surface area contributed by atoms with Crippen molar-refractivity contribution in [3.8, 4) is 10.6 Å². The molecule has 4 rings (SSSR count). The molecule has 0 spiro atoms. The van der Waals surface area contributed by atoms with E-state index < -0.39 is 0 Å². The molecule has 0 saturated carbocycles. The van der Waals surface area contributed by atoms with Crippen molar-refractivity contribution < 1.29 is 4.79 Å². The molecule has 2 aromatic heterocycles. The standard InChI is InChI=1S/C19H14N4OS/c1-12-20-16(23-17(24)13-8-4-2-5-9-13)15-19(21-12)25-18(22-15)14-10-6-3-7-11-14/h2-11H,1H3,(H,20,21,23,24). The highest BCUT2D eigenvalue weighted by Gasteiger charge is 2.16. The molecule has 0 aliphatic rings. The minimum atomic E-state index is -0.214. The number of anilines is 1. The highest BCUT2D eigenvalue weighted by molar-refractivity contribution is 7.21. The van der Waals surface area contributed by atoms with E-state index in [1.54, 1.807) is 19.1 Å². The lowest BCUT2D eigenvalue weighted by atomic mass is 10.2. The Morgan fingerprint density at radius 3 is 2.32 bits per heavy atom.